The first kappa shape index (κ1) is 30.0. The molecule has 0 aliphatic heterocycles. The van der Waals surface area contributed by atoms with Crippen molar-refractivity contribution in [1.29, 1.82) is 0 Å². The molecule has 0 unspecified atom stereocenters. The number of hydrogen-bond acceptors (Lipinski definition) is 5. The van der Waals surface area contributed by atoms with E-state index in [0.717, 1.165) is 10.7 Å². The molecule has 3 aromatic rings. The predicted octanol–water partition coefficient (Wildman–Crippen LogP) is 4.88. The monoisotopic (exact) mass is 571 g/mol. The Morgan fingerprint density at radius 2 is 1.67 bits per heavy atom. The fraction of sp³-hybridized carbons (Fsp3) is 0.310. The number of benzene rings is 3. The Balaban J connectivity index is 2.06. The number of sulfonamides is 1. The van der Waals surface area contributed by atoms with Crippen molar-refractivity contribution in [2.24, 2.45) is 0 Å². The first-order valence-electron chi connectivity index (χ1n) is 12.8. The highest BCUT2D eigenvalue weighted by molar-refractivity contribution is 7.92. The van der Waals surface area contributed by atoms with E-state index in [2.05, 4.69) is 5.32 Å². The van der Waals surface area contributed by atoms with Gasteiger partial charge in [-0.05, 0) is 62.2 Å². The van der Waals surface area contributed by atoms with Gasteiger partial charge in [-0.2, -0.15) is 0 Å². The SMILES string of the molecule is CCCNC(=O)[C@H](C)N(Cc1cccc(Cl)c1)C(=O)CN(c1ccccc1OCC)S(=O)(=O)c1ccccc1. The third-order valence-corrected chi connectivity index (χ3v) is 8.01. The molecule has 8 nitrogen and oxygen atoms in total. The van der Waals surface area contributed by atoms with Crippen LogP contribution in [0, 0.1) is 0 Å². The zero-order valence-corrected chi connectivity index (χ0v) is 23.9. The van der Waals surface area contributed by atoms with Crippen molar-refractivity contribution >= 4 is 39.1 Å². The number of rotatable bonds is 13. The van der Waals surface area contributed by atoms with Crippen LogP contribution in [0.15, 0.2) is 83.8 Å². The molecular weight excluding hydrogens is 538 g/mol. The number of nitrogens with zero attached hydrogens (tertiary/aromatic N) is 2. The first-order valence-corrected chi connectivity index (χ1v) is 14.6. The van der Waals surface area contributed by atoms with Gasteiger partial charge >= 0.3 is 0 Å². The second kappa shape index (κ2) is 14.0. The molecule has 0 saturated heterocycles. The lowest BCUT2D eigenvalue weighted by molar-refractivity contribution is -0.139. The number of para-hydroxylation sites is 2. The van der Waals surface area contributed by atoms with E-state index in [9.17, 15) is 18.0 Å². The van der Waals surface area contributed by atoms with Crippen LogP contribution in [0.25, 0.3) is 0 Å². The average Bonchev–Trinajstić information content (AvgIpc) is 2.94. The summed E-state index contributed by atoms with van der Waals surface area (Å²) in [7, 11) is -4.18. The summed E-state index contributed by atoms with van der Waals surface area (Å²) >= 11 is 6.17. The van der Waals surface area contributed by atoms with Gasteiger partial charge in [-0.15, -0.1) is 0 Å². The van der Waals surface area contributed by atoms with Crippen molar-refractivity contribution in [1.82, 2.24) is 10.2 Å². The Morgan fingerprint density at radius 3 is 2.33 bits per heavy atom. The van der Waals surface area contributed by atoms with E-state index in [1.165, 1.54) is 17.0 Å². The van der Waals surface area contributed by atoms with Crippen LogP contribution in [0.2, 0.25) is 5.02 Å². The molecular formula is C29H34ClN3O5S. The summed E-state index contributed by atoms with van der Waals surface area (Å²) in [6, 6.07) is 20.7. The number of nitrogens with one attached hydrogen (secondary N) is 1. The van der Waals surface area contributed by atoms with Gasteiger partial charge in [-0.25, -0.2) is 8.42 Å². The van der Waals surface area contributed by atoms with E-state index < -0.39 is 28.5 Å². The van der Waals surface area contributed by atoms with E-state index in [4.69, 9.17) is 16.3 Å². The van der Waals surface area contributed by atoms with E-state index >= 15 is 0 Å². The van der Waals surface area contributed by atoms with Crippen LogP contribution < -0.4 is 14.4 Å². The molecule has 0 bridgehead atoms. The second-order valence-corrected chi connectivity index (χ2v) is 11.1. The summed E-state index contributed by atoms with van der Waals surface area (Å²) in [6.45, 7) is 5.62. The Kier molecular flexibility index (Phi) is 10.8. The smallest absolute Gasteiger partial charge is 0.264 e. The number of carbonyl (C=O) groups is 2. The number of carbonyl (C=O) groups excluding carboxylic acids is 2. The highest BCUT2D eigenvalue weighted by atomic mass is 35.5. The molecule has 0 aromatic heterocycles. The van der Waals surface area contributed by atoms with Gasteiger partial charge in [0.25, 0.3) is 10.0 Å². The van der Waals surface area contributed by atoms with Gasteiger partial charge in [-0.3, -0.25) is 13.9 Å². The molecule has 2 amide bonds. The molecule has 0 saturated carbocycles. The highest BCUT2D eigenvalue weighted by Crippen LogP contribution is 2.33. The van der Waals surface area contributed by atoms with Crippen LogP contribution >= 0.6 is 11.6 Å². The van der Waals surface area contributed by atoms with Crippen LogP contribution in [0.4, 0.5) is 5.69 Å². The van der Waals surface area contributed by atoms with Crippen LogP contribution in [-0.4, -0.2) is 50.9 Å². The Labute approximate surface area is 235 Å². The summed E-state index contributed by atoms with van der Waals surface area (Å²) < 4.78 is 34.6. The molecule has 39 heavy (non-hydrogen) atoms. The average molecular weight is 572 g/mol. The predicted molar refractivity (Wildman–Crippen MR) is 153 cm³/mol. The molecule has 0 aliphatic rings. The Morgan fingerprint density at radius 1 is 0.974 bits per heavy atom. The number of ether oxygens (including phenoxy) is 1. The van der Waals surface area contributed by atoms with Gasteiger partial charge in [0.1, 0.15) is 18.3 Å². The number of halogens is 1. The van der Waals surface area contributed by atoms with Crippen LogP contribution in [0.5, 0.6) is 5.75 Å². The number of amides is 2. The van der Waals surface area contributed by atoms with E-state index in [0.29, 0.717) is 29.5 Å². The largest absolute Gasteiger partial charge is 0.492 e. The highest BCUT2D eigenvalue weighted by Gasteiger charge is 2.33. The summed E-state index contributed by atoms with van der Waals surface area (Å²) in [4.78, 5) is 28.3. The molecule has 1 atom stereocenters. The van der Waals surface area contributed by atoms with Crippen molar-refractivity contribution in [3.63, 3.8) is 0 Å². The van der Waals surface area contributed by atoms with Crippen LogP contribution in [0.3, 0.4) is 0 Å². The van der Waals surface area contributed by atoms with Crippen molar-refractivity contribution in [2.75, 3.05) is 24.0 Å². The summed E-state index contributed by atoms with van der Waals surface area (Å²) in [5, 5.41) is 3.31. The zero-order valence-electron chi connectivity index (χ0n) is 22.3. The van der Waals surface area contributed by atoms with Crippen LogP contribution in [0.1, 0.15) is 32.8 Å². The molecule has 0 spiro atoms. The lowest BCUT2D eigenvalue weighted by Crippen LogP contribution is -2.51. The molecule has 3 aromatic carbocycles. The number of hydrogen-bond donors (Lipinski definition) is 1. The third-order valence-electron chi connectivity index (χ3n) is 6.00. The van der Waals surface area contributed by atoms with Gasteiger partial charge in [0.15, 0.2) is 0 Å². The molecule has 0 heterocycles. The minimum Gasteiger partial charge on any atom is -0.492 e. The van der Waals surface area contributed by atoms with Gasteiger partial charge < -0.3 is 15.0 Å². The maximum absolute atomic E-state index is 13.9. The summed E-state index contributed by atoms with van der Waals surface area (Å²) in [5.41, 5.74) is 0.931. The van der Waals surface area contributed by atoms with Crippen molar-refractivity contribution in [3.8, 4) is 5.75 Å². The zero-order chi connectivity index (χ0) is 28.4. The Hall–Kier alpha value is -3.56. The first-order chi connectivity index (χ1) is 18.7. The maximum atomic E-state index is 13.9. The van der Waals surface area contributed by atoms with Crippen LogP contribution in [-0.2, 0) is 26.2 Å². The summed E-state index contributed by atoms with van der Waals surface area (Å²) in [6.07, 6.45) is 0.734. The van der Waals surface area contributed by atoms with Gasteiger partial charge in [0.2, 0.25) is 11.8 Å². The molecule has 3 rings (SSSR count). The fourth-order valence-electron chi connectivity index (χ4n) is 3.98. The molecule has 0 radical (unpaired) electrons. The number of anilines is 1. The lowest BCUT2D eigenvalue weighted by atomic mass is 10.1. The normalized spacial score (nSPS) is 11.9. The molecule has 0 fully saturated rings. The van der Waals surface area contributed by atoms with Crippen molar-refractivity contribution < 1.29 is 22.7 Å². The van der Waals surface area contributed by atoms with Gasteiger partial charge in [0.05, 0.1) is 17.2 Å². The van der Waals surface area contributed by atoms with Gasteiger partial charge in [-0.1, -0.05) is 61.0 Å². The van der Waals surface area contributed by atoms with Gasteiger partial charge in [0, 0.05) is 18.1 Å². The minimum atomic E-state index is -4.18. The topological polar surface area (TPSA) is 96.0 Å². The summed E-state index contributed by atoms with van der Waals surface area (Å²) in [5.74, 6) is -0.568. The minimum absolute atomic E-state index is 0.0271. The maximum Gasteiger partial charge on any atom is 0.264 e. The third kappa shape index (κ3) is 7.74. The Bertz CT molecular complexity index is 1370. The second-order valence-electron chi connectivity index (χ2n) is 8.84. The van der Waals surface area contributed by atoms with E-state index in [-0.39, 0.29) is 23.0 Å². The molecule has 208 valence electrons. The fourth-order valence-corrected chi connectivity index (χ4v) is 5.64. The lowest BCUT2D eigenvalue weighted by Gasteiger charge is -2.32. The molecule has 0 aliphatic carbocycles. The van der Waals surface area contributed by atoms with Crippen molar-refractivity contribution in [3.05, 3.63) is 89.4 Å². The molecule has 10 heteroatoms. The standard InChI is InChI=1S/C29H34ClN3O5S/c1-4-18-31-29(35)22(3)32(20-23-12-11-13-24(30)19-23)28(34)21-33(26-16-9-10-17-27(26)38-5-2)39(36,37)25-14-7-6-8-15-25/h6-17,19,22H,4-5,18,20-21H2,1-3H3,(H,31,35)/t22-/m0/s1. The molecule has 1 N–H and O–H groups in total. The van der Waals surface area contributed by atoms with E-state index in [1.54, 1.807) is 80.6 Å². The van der Waals surface area contributed by atoms with E-state index in [1.807, 2.05) is 6.92 Å². The quantitative estimate of drug-likeness (QED) is 0.315. The van der Waals surface area contributed by atoms with Crippen molar-refractivity contribution in [2.45, 2.75) is 44.7 Å².